The van der Waals surface area contributed by atoms with Crippen LogP contribution in [0.2, 0.25) is 0 Å². The third kappa shape index (κ3) is 14.5. The van der Waals surface area contributed by atoms with Crippen molar-refractivity contribution >= 4 is 34.8 Å². The van der Waals surface area contributed by atoms with Gasteiger partial charge in [-0.2, -0.15) is 0 Å². The van der Waals surface area contributed by atoms with Crippen LogP contribution in [-0.4, -0.2) is 17.7 Å². The molecule has 0 aliphatic heterocycles. The van der Waals surface area contributed by atoms with Crippen molar-refractivity contribution in [1.82, 2.24) is 0 Å². The van der Waals surface area contributed by atoms with E-state index < -0.39 is 0 Å². The summed E-state index contributed by atoms with van der Waals surface area (Å²) in [6.45, 7) is 4.43. The van der Waals surface area contributed by atoms with E-state index in [1.165, 1.54) is 64.2 Å². The highest BCUT2D eigenvalue weighted by Crippen LogP contribution is 2.17. The number of unbranched alkanes of at least 4 members (excludes halogenated alkanes) is 12. The van der Waals surface area contributed by atoms with Gasteiger partial charge in [-0.25, -0.2) is 0 Å². The largest absolute Gasteiger partial charge is 0.326 e. The molecule has 3 N–H and O–H groups in total. The monoisotopic (exact) mass is 535 g/mol. The van der Waals surface area contributed by atoms with Gasteiger partial charge < -0.3 is 16.0 Å². The molecule has 0 bridgehead atoms. The number of benzene rings is 2. The molecule has 0 atom stereocenters. The fourth-order valence-electron chi connectivity index (χ4n) is 4.48. The molecule has 0 unspecified atom stereocenters. The van der Waals surface area contributed by atoms with Crippen molar-refractivity contribution in [3.8, 4) is 0 Å². The molecule has 3 amide bonds. The van der Waals surface area contributed by atoms with Gasteiger partial charge in [0.15, 0.2) is 0 Å². The minimum atomic E-state index is -0.230. The van der Waals surface area contributed by atoms with E-state index in [0.29, 0.717) is 29.8 Å². The van der Waals surface area contributed by atoms with E-state index in [9.17, 15) is 14.4 Å². The second-order valence-corrected chi connectivity index (χ2v) is 10.4. The molecule has 0 spiro atoms. The van der Waals surface area contributed by atoms with Crippen molar-refractivity contribution < 1.29 is 14.4 Å². The molecule has 0 aliphatic rings. The Morgan fingerprint density at radius 2 is 0.795 bits per heavy atom. The number of hydrogen-bond acceptors (Lipinski definition) is 3. The number of amides is 3. The first-order valence-corrected chi connectivity index (χ1v) is 15.1. The van der Waals surface area contributed by atoms with Crippen molar-refractivity contribution in [2.75, 3.05) is 16.0 Å². The number of nitrogens with one attached hydrogen (secondary N) is 3. The zero-order chi connectivity index (χ0) is 28.1. The Balaban J connectivity index is 1.67. The predicted molar refractivity (Wildman–Crippen MR) is 163 cm³/mol. The van der Waals surface area contributed by atoms with E-state index in [1.54, 1.807) is 48.5 Å². The van der Waals surface area contributed by atoms with Crippen LogP contribution in [0.4, 0.5) is 17.1 Å². The molecule has 214 valence electrons. The topological polar surface area (TPSA) is 87.3 Å². The van der Waals surface area contributed by atoms with Crippen LogP contribution in [0, 0.1) is 0 Å². The molecule has 2 aromatic carbocycles. The molecule has 6 nitrogen and oxygen atoms in total. The molecule has 2 rings (SSSR count). The fraction of sp³-hybridized carbons (Fsp3) is 0.545. The second-order valence-electron chi connectivity index (χ2n) is 10.4. The maximum absolute atomic E-state index is 12.6. The van der Waals surface area contributed by atoms with Crippen LogP contribution in [0.25, 0.3) is 0 Å². The lowest BCUT2D eigenvalue weighted by atomic mass is 10.1. The zero-order valence-corrected chi connectivity index (χ0v) is 24.2. The average molecular weight is 536 g/mol. The SMILES string of the molecule is CCCCCCCCCC(=O)Nc1ccc(NC(=O)c2ccc(NC(=O)CCCCCCCCC)cc2)cc1. The van der Waals surface area contributed by atoms with Gasteiger partial charge in [-0.15, -0.1) is 0 Å². The first-order valence-electron chi connectivity index (χ1n) is 15.1. The smallest absolute Gasteiger partial charge is 0.255 e. The lowest BCUT2D eigenvalue weighted by molar-refractivity contribution is -0.117. The van der Waals surface area contributed by atoms with Gasteiger partial charge in [0.05, 0.1) is 0 Å². The third-order valence-electron chi connectivity index (χ3n) is 6.87. The number of anilines is 3. The molecule has 0 saturated heterocycles. The first-order chi connectivity index (χ1) is 19.0. The van der Waals surface area contributed by atoms with E-state index in [0.717, 1.165) is 31.4 Å². The standard InChI is InChI=1S/C33H49N3O3/c1-3-5-7-9-11-13-15-17-31(37)34-28-21-19-27(20-22-28)33(39)36-30-25-23-29(24-26-30)35-32(38)18-16-14-12-10-8-6-4-2/h19-26H,3-18H2,1-2H3,(H,34,37)(H,35,38)(H,36,39). The van der Waals surface area contributed by atoms with Crippen LogP contribution in [0.1, 0.15) is 127 Å². The Kier molecular flexibility index (Phi) is 16.3. The summed E-state index contributed by atoms with van der Waals surface area (Å²) in [5, 5.41) is 8.71. The number of carbonyl (C=O) groups is 3. The van der Waals surface area contributed by atoms with Gasteiger partial charge in [0.1, 0.15) is 0 Å². The highest BCUT2D eigenvalue weighted by molar-refractivity contribution is 6.04. The highest BCUT2D eigenvalue weighted by atomic mass is 16.2. The van der Waals surface area contributed by atoms with Crippen LogP contribution in [0.5, 0.6) is 0 Å². The van der Waals surface area contributed by atoms with Crippen LogP contribution in [0.3, 0.4) is 0 Å². The zero-order valence-electron chi connectivity index (χ0n) is 24.2. The van der Waals surface area contributed by atoms with Gasteiger partial charge in [0, 0.05) is 35.5 Å². The normalized spacial score (nSPS) is 10.7. The summed E-state index contributed by atoms with van der Waals surface area (Å²) in [5.41, 5.74) is 2.57. The summed E-state index contributed by atoms with van der Waals surface area (Å²) in [6.07, 6.45) is 17.6. The summed E-state index contributed by atoms with van der Waals surface area (Å²) in [4.78, 5) is 37.0. The van der Waals surface area contributed by atoms with Crippen molar-refractivity contribution in [1.29, 1.82) is 0 Å². The van der Waals surface area contributed by atoms with Crippen LogP contribution >= 0.6 is 0 Å². The van der Waals surface area contributed by atoms with E-state index in [1.807, 2.05) is 0 Å². The van der Waals surface area contributed by atoms with Gasteiger partial charge in [0.25, 0.3) is 5.91 Å². The Morgan fingerprint density at radius 3 is 1.21 bits per heavy atom. The van der Waals surface area contributed by atoms with Crippen molar-refractivity contribution in [3.63, 3.8) is 0 Å². The Bertz CT molecular complexity index is 971. The van der Waals surface area contributed by atoms with E-state index in [2.05, 4.69) is 29.8 Å². The highest BCUT2D eigenvalue weighted by Gasteiger charge is 2.08. The molecule has 0 fully saturated rings. The van der Waals surface area contributed by atoms with Gasteiger partial charge in [0.2, 0.25) is 11.8 Å². The van der Waals surface area contributed by atoms with Crippen LogP contribution in [-0.2, 0) is 9.59 Å². The van der Waals surface area contributed by atoms with Crippen LogP contribution < -0.4 is 16.0 Å². The number of hydrogen-bond donors (Lipinski definition) is 3. The van der Waals surface area contributed by atoms with Crippen molar-refractivity contribution in [2.24, 2.45) is 0 Å². The molecular weight excluding hydrogens is 486 g/mol. The summed E-state index contributed by atoms with van der Waals surface area (Å²) in [7, 11) is 0. The molecule has 0 heterocycles. The molecule has 2 aromatic rings. The average Bonchev–Trinajstić information content (AvgIpc) is 2.93. The predicted octanol–water partition coefficient (Wildman–Crippen LogP) is 9.10. The molecule has 6 heteroatoms. The molecule has 0 radical (unpaired) electrons. The summed E-state index contributed by atoms with van der Waals surface area (Å²) in [5.74, 6) is -0.197. The maximum Gasteiger partial charge on any atom is 0.255 e. The van der Waals surface area contributed by atoms with Crippen molar-refractivity contribution in [3.05, 3.63) is 54.1 Å². The summed E-state index contributed by atoms with van der Waals surface area (Å²) >= 11 is 0. The molecule has 0 aromatic heterocycles. The van der Waals surface area contributed by atoms with Crippen LogP contribution in [0.15, 0.2) is 48.5 Å². The minimum absolute atomic E-state index is 0.00958. The molecule has 39 heavy (non-hydrogen) atoms. The molecular formula is C33H49N3O3. The minimum Gasteiger partial charge on any atom is -0.326 e. The lowest BCUT2D eigenvalue weighted by Crippen LogP contribution is -2.14. The summed E-state index contributed by atoms with van der Waals surface area (Å²) in [6, 6.07) is 14.1. The lowest BCUT2D eigenvalue weighted by Gasteiger charge is -2.09. The quantitative estimate of drug-likeness (QED) is 0.148. The summed E-state index contributed by atoms with van der Waals surface area (Å²) < 4.78 is 0. The Labute approximate surface area is 235 Å². The van der Waals surface area contributed by atoms with E-state index in [-0.39, 0.29) is 17.7 Å². The number of carbonyl (C=O) groups excluding carboxylic acids is 3. The van der Waals surface area contributed by atoms with Gasteiger partial charge in [-0.05, 0) is 61.4 Å². The van der Waals surface area contributed by atoms with Crippen molar-refractivity contribution in [2.45, 2.75) is 117 Å². The van der Waals surface area contributed by atoms with Gasteiger partial charge in [-0.3, -0.25) is 14.4 Å². The van der Waals surface area contributed by atoms with E-state index in [4.69, 9.17) is 0 Å². The maximum atomic E-state index is 12.6. The number of rotatable bonds is 20. The Morgan fingerprint density at radius 1 is 0.462 bits per heavy atom. The fourth-order valence-corrected chi connectivity index (χ4v) is 4.48. The second kappa shape index (κ2) is 19.9. The molecule has 0 saturated carbocycles. The Hall–Kier alpha value is -3.15. The third-order valence-corrected chi connectivity index (χ3v) is 6.87. The molecule has 0 aliphatic carbocycles. The van der Waals surface area contributed by atoms with Gasteiger partial charge >= 0.3 is 0 Å². The van der Waals surface area contributed by atoms with E-state index >= 15 is 0 Å². The first kappa shape index (κ1) is 32.1. The van der Waals surface area contributed by atoms with Gasteiger partial charge in [-0.1, -0.05) is 90.9 Å².